The van der Waals surface area contributed by atoms with E-state index in [1.165, 1.54) is 17.6 Å². The Balaban J connectivity index is 1.62. The highest BCUT2D eigenvalue weighted by Crippen LogP contribution is 2.24. The zero-order chi connectivity index (χ0) is 18.6. The van der Waals surface area contributed by atoms with Crippen LogP contribution >= 0.6 is 0 Å². The van der Waals surface area contributed by atoms with E-state index in [2.05, 4.69) is 20.8 Å². The number of nitrogens with zero attached hydrogens (tertiary/aromatic N) is 4. The summed E-state index contributed by atoms with van der Waals surface area (Å²) in [6, 6.07) is 4.77. The predicted molar refractivity (Wildman–Crippen MR) is 88.0 cm³/mol. The second kappa shape index (κ2) is 7.83. The highest BCUT2D eigenvalue weighted by molar-refractivity contribution is 5.94. The number of hydrogen-bond acceptors (Lipinski definition) is 5. The van der Waals surface area contributed by atoms with Crippen LogP contribution in [0.1, 0.15) is 10.4 Å². The largest absolute Gasteiger partial charge is 0.405 e. The molecule has 0 spiro atoms. The van der Waals surface area contributed by atoms with Crippen molar-refractivity contribution in [1.82, 2.24) is 30.3 Å². The smallest absolute Gasteiger partial charge is 0.350 e. The van der Waals surface area contributed by atoms with Gasteiger partial charge in [0.25, 0.3) is 5.91 Å². The van der Waals surface area contributed by atoms with E-state index >= 15 is 0 Å². The number of hydrogen-bond donors (Lipinski definition) is 2. The van der Waals surface area contributed by atoms with E-state index in [0.29, 0.717) is 31.7 Å². The third-order valence-electron chi connectivity index (χ3n) is 4.27. The third kappa shape index (κ3) is 4.38. The second-order valence-electron chi connectivity index (χ2n) is 5.97. The molecule has 1 atom stereocenters. The van der Waals surface area contributed by atoms with Crippen LogP contribution in [0.25, 0.3) is 5.69 Å². The van der Waals surface area contributed by atoms with Crippen LogP contribution in [-0.2, 0) is 0 Å². The molecule has 1 saturated heterocycles. The molecule has 26 heavy (non-hydrogen) atoms. The summed E-state index contributed by atoms with van der Waals surface area (Å²) in [5, 5.41) is 12.8. The highest BCUT2D eigenvalue weighted by atomic mass is 19.4. The monoisotopic (exact) mass is 368 g/mol. The first-order valence-corrected chi connectivity index (χ1v) is 8.20. The Hall–Kier alpha value is -2.46. The third-order valence-corrected chi connectivity index (χ3v) is 4.27. The fourth-order valence-corrected chi connectivity index (χ4v) is 2.86. The standard InChI is InChI=1S/C16H19F3N6O/c17-16(18,19)14(24-7-5-20-6-8-24)9-21-15(26)12-1-3-13(4-2-12)25-10-22-23-11-25/h1-4,10-11,14,20H,5-9H2,(H,21,26). The molecular weight excluding hydrogens is 349 g/mol. The molecule has 2 N–H and O–H groups in total. The summed E-state index contributed by atoms with van der Waals surface area (Å²) in [5.41, 5.74) is 1.04. The van der Waals surface area contributed by atoms with Crippen molar-refractivity contribution in [2.45, 2.75) is 12.2 Å². The van der Waals surface area contributed by atoms with Crippen molar-refractivity contribution in [1.29, 1.82) is 0 Å². The maximum atomic E-state index is 13.3. The van der Waals surface area contributed by atoms with Crippen molar-refractivity contribution >= 4 is 5.91 Å². The number of rotatable bonds is 5. The Morgan fingerprint density at radius 3 is 2.35 bits per heavy atom. The van der Waals surface area contributed by atoms with E-state index in [4.69, 9.17) is 0 Å². The molecule has 0 radical (unpaired) electrons. The molecule has 1 aromatic carbocycles. The summed E-state index contributed by atoms with van der Waals surface area (Å²) >= 11 is 0. The van der Waals surface area contributed by atoms with Crippen molar-refractivity contribution in [3.8, 4) is 5.69 Å². The van der Waals surface area contributed by atoms with Gasteiger partial charge in [-0.1, -0.05) is 0 Å². The van der Waals surface area contributed by atoms with E-state index in [-0.39, 0.29) is 0 Å². The normalized spacial score (nSPS) is 17.0. The molecule has 0 saturated carbocycles. The van der Waals surface area contributed by atoms with Crippen LogP contribution in [0.5, 0.6) is 0 Å². The SMILES string of the molecule is O=C(NCC(N1CCNCC1)C(F)(F)F)c1ccc(-n2cnnc2)cc1. The molecule has 3 rings (SSSR count). The lowest BCUT2D eigenvalue weighted by atomic mass is 10.1. The van der Waals surface area contributed by atoms with Crippen molar-refractivity contribution in [2.75, 3.05) is 32.7 Å². The van der Waals surface area contributed by atoms with Crippen molar-refractivity contribution < 1.29 is 18.0 Å². The summed E-state index contributed by atoms with van der Waals surface area (Å²) in [5.74, 6) is -0.537. The zero-order valence-electron chi connectivity index (χ0n) is 13.9. The van der Waals surface area contributed by atoms with Crippen molar-refractivity contribution in [3.05, 3.63) is 42.5 Å². The molecule has 140 valence electrons. The Morgan fingerprint density at radius 1 is 1.15 bits per heavy atom. The average molecular weight is 368 g/mol. The first kappa shape index (κ1) is 18.3. The van der Waals surface area contributed by atoms with Crippen LogP contribution in [0.4, 0.5) is 13.2 Å². The number of halogens is 3. The molecule has 0 bridgehead atoms. The van der Waals surface area contributed by atoms with Crippen molar-refractivity contribution in [3.63, 3.8) is 0 Å². The van der Waals surface area contributed by atoms with Gasteiger partial charge in [0.1, 0.15) is 18.7 Å². The topological polar surface area (TPSA) is 75.1 Å². The molecule has 0 aliphatic carbocycles. The van der Waals surface area contributed by atoms with Crippen LogP contribution in [0.3, 0.4) is 0 Å². The lowest BCUT2D eigenvalue weighted by Gasteiger charge is -2.35. The number of carbonyl (C=O) groups excluding carboxylic acids is 1. The van der Waals surface area contributed by atoms with Crippen LogP contribution in [0, 0.1) is 0 Å². The van der Waals surface area contributed by atoms with Gasteiger partial charge in [0, 0.05) is 44.0 Å². The van der Waals surface area contributed by atoms with Crippen LogP contribution in [0.2, 0.25) is 0 Å². The summed E-state index contributed by atoms with van der Waals surface area (Å²) in [6.45, 7) is 1.13. The first-order chi connectivity index (χ1) is 12.4. The predicted octanol–water partition coefficient (Wildman–Crippen LogP) is 0.833. The second-order valence-corrected chi connectivity index (χ2v) is 5.97. The lowest BCUT2D eigenvalue weighted by Crippen LogP contribution is -2.57. The van der Waals surface area contributed by atoms with E-state index in [1.807, 2.05) is 0 Å². The molecule has 7 nitrogen and oxygen atoms in total. The Kier molecular flexibility index (Phi) is 5.52. The van der Waals surface area contributed by atoms with Gasteiger partial charge in [0.15, 0.2) is 0 Å². The molecule has 1 aromatic heterocycles. The van der Waals surface area contributed by atoms with E-state index in [9.17, 15) is 18.0 Å². The molecule has 1 fully saturated rings. The maximum Gasteiger partial charge on any atom is 0.405 e. The molecule has 1 aliphatic rings. The minimum absolute atomic E-state index is 0.294. The summed E-state index contributed by atoms with van der Waals surface area (Å²) in [7, 11) is 0. The van der Waals surface area contributed by atoms with E-state index in [0.717, 1.165) is 5.69 Å². The molecule has 2 aromatic rings. The Labute approximate surface area is 148 Å². The quantitative estimate of drug-likeness (QED) is 0.818. The van der Waals surface area contributed by atoms with Gasteiger partial charge >= 0.3 is 6.18 Å². The number of carbonyl (C=O) groups is 1. The van der Waals surface area contributed by atoms with Gasteiger partial charge in [-0.2, -0.15) is 13.2 Å². The minimum atomic E-state index is -4.40. The zero-order valence-corrected chi connectivity index (χ0v) is 13.9. The van der Waals surface area contributed by atoms with Gasteiger partial charge in [0.05, 0.1) is 0 Å². The maximum absolute atomic E-state index is 13.3. The van der Waals surface area contributed by atoms with Gasteiger partial charge in [-0.15, -0.1) is 10.2 Å². The number of amides is 1. The fraction of sp³-hybridized carbons (Fsp3) is 0.438. The Morgan fingerprint density at radius 2 is 1.77 bits per heavy atom. The molecule has 10 heteroatoms. The lowest BCUT2D eigenvalue weighted by molar-refractivity contribution is -0.183. The van der Waals surface area contributed by atoms with Crippen LogP contribution in [0.15, 0.2) is 36.9 Å². The van der Waals surface area contributed by atoms with Gasteiger partial charge in [-0.25, -0.2) is 0 Å². The average Bonchev–Trinajstić information content (AvgIpc) is 3.16. The van der Waals surface area contributed by atoms with Gasteiger partial charge < -0.3 is 10.6 Å². The molecule has 1 amide bonds. The van der Waals surface area contributed by atoms with Crippen LogP contribution in [-0.4, -0.2) is 70.5 Å². The summed E-state index contributed by atoms with van der Waals surface area (Å²) in [6.07, 6.45) is -1.38. The number of piperazine rings is 1. The van der Waals surface area contributed by atoms with Gasteiger partial charge in [0.2, 0.25) is 0 Å². The van der Waals surface area contributed by atoms with Crippen molar-refractivity contribution in [2.24, 2.45) is 0 Å². The number of alkyl halides is 3. The van der Waals surface area contributed by atoms with E-state index < -0.39 is 24.7 Å². The number of aromatic nitrogens is 3. The first-order valence-electron chi connectivity index (χ1n) is 8.20. The van der Waals surface area contributed by atoms with Crippen LogP contribution < -0.4 is 10.6 Å². The highest BCUT2D eigenvalue weighted by Gasteiger charge is 2.43. The molecular formula is C16H19F3N6O. The summed E-state index contributed by atoms with van der Waals surface area (Å²) < 4.78 is 41.7. The molecule has 1 aliphatic heterocycles. The minimum Gasteiger partial charge on any atom is -0.350 e. The van der Waals surface area contributed by atoms with Gasteiger partial charge in [-0.05, 0) is 24.3 Å². The van der Waals surface area contributed by atoms with E-state index in [1.54, 1.807) is 28.8 Å². The summed E-state index contributed by atoms with van der Waals surface area (Å²) in [4.78, 5) is 13.6. The number of nitrogens with one attached hydrogen (secondary N) is 2. The number of benzene rings is 1. The Bertz CT molecular complexity index is 711. The van der Waals surface area contributed by atoms with Gasteiger partial charge in [-0.3, -0.25) is 14.3 Å². The molecule has 1 unspecified atom stereocenters. The molecule has 2 heterocycles. The fourth-order valence-electron chi connectivity index (χ4n) is 2.86.